The van der Waals surface area contributed by atoms with E-state index in [1.54, 1.807) is 0 Å². The summed E-state index contributed by atoms with van der Waals surface area (Å²) in [7, 11) is -1.88. The van der Waals surface area contributed by atoms with E-state index in [4.69, 9.17) is 0 Å². The van der Waals surface area contributed by atoms with Crippen LogP contribution in [0, 0.1) is 0 Å². The van der Waals surface area contributed by atoms with Crippen LogP contribution >= 0.6 is 0 Å². The minimum atomic E-state index is -3.29. The van der Waals surface area contributed by atoms with E-state index in [1.807, 2.05) is 0 Å². The van der Waals surface area contributed by atoms with Gasteiger partial charge in [-0.25, -0.2) is 8.42 Å². The van der Waals surface area contributed by atoms with Crippen LogP contribution in [0.2, 0.25) is 0 Å². The number of nitrogens with one attached hydrogen (secondary N) is 1. The van der Waals surface area contributed by atoms with Crippen LogP contribution in [0.15, 0.2) is 0 Å². The summed E-state index contributed by atoms with van der Waals surface area (Å²) in [6.45, 7) is 6.18. The second-order valence-electron chi connectivity index (χ2n) is 5.49. The van der Waals surface area contributed by atoms with Crippen molar-refractivity contribution in [1.29, 1.82) is 0 Å². The maximum absolute atomic E-state index is 11.8. The van der Waals surface area contributed by atoms with Crippen LogP contribution in [0.1, 0.15) is 26.7 Å². The Kier molecular flexibility index (Phi) is 5.76. The summed E-state index contributed by atoms with van der Waals surface area (Å²) in [6, 6.07) is 0.698. The smallest absolute Gasteiger partial charge is 0.235 e. The molecule has 1 N–H and O–H groups in total. The molecule has 1 fully saturated rings. The third kappa shape index (κ3) is 5.46. The Labute approximate surface area is 116 Å². The quantitative estimate of drug-likeness (QED) is 0.766. The summed E-state index contributed by atoms with van der Waals surface area (Å²) < 4.78 is 23.5. The van der Waals surface area contributed by atoms with Crippen molar-refractivity contribution >= 4 is 15.9 Å². The van der Waals surface area contributed by atoms with Crippen molar-refractivity contribution in [3.63, 3.8) is 0 Å². The fraction of sp³-hybridized carbons (Fsp3) is 0.917. The lowest BCUT2D eigenvalue weighted by atomic mass is 10.0. The zero-order chi connectivity index (χ0) is 14.6. The summed E-state index contributed by atoms with van der Waals surface area (Å²) in [5, 5.41) is 2.91. The molecule has 1 aliphatic rings. The topological polar surface area (TPSA) is 69.7 Å². The molecule has 0 bridgehead atoms. The Morgan fingerprint density at radius 1 is 1.37 bits per heavy atom. The molecule has 0 aromatic rings. The maximum Gasteiger partial charge on any atom is 0.235 e. The van der Waals surface area contributed by atoms with E-state index in [2.05, 4.69) is 24.1 Å². The summed E-state index contributed by atoms with van der Waals surface area (Å²) in [5.41, 5.74) is 0. The van der Waals surface area contributed by atoms with Crippen molar-refractivity contribution in [2.75, 3.05) is 32.9 Å². The van der Waals surface area contributed by atoms with E-state index in [1.165, 1.54) is 7.05 Å². The minimum Gasteiger partial charge on any atom is -0.352 e. The fourth-order valence-corrected chi connectivity index (χ4v) is 2.50. The van der Waals surface area contributed by atoms with Crippen molar-refractivity contribution in [2.24, 2.45) is 0 Å². The van der Waals surface area contributed by atoms with Gasteiger partial charge in [0.1, 0.15) is 0 Å². The van der Waals surface area contributed by atoms with Gasteiger partial charge in [0, 0.05) is 32.2 Å². The van der Waals surface area contributed by atoms with Crippen LogP contribution in [-0.4, -0.2) is 68.6 Å². The van der Waals surface area contributed by atoms with E-state index >= 15 is 0 Å². The normalized spacial score (nSPS) is 19.1. The number of amides is 1. The van der Waals surface area contributed by atoms with Gasteiger partial charge < -0.3 is 10.2 Å². The molecule has 1 heterocycles. The first-order chi connectivity index (χ1) is 8.70. The third-order valence-electron chi connectivity index (χ3n) is 3.56. The van der Waals surface area contributed by atoms with Gasteiger partial charge in [0.25, 0.3) is 0 Å². The fourth-order valence-electron chi connectivity index (χ4n) is 2.15. The van der Waals surface area contributed by atoms with Gasteiger partial charge in [-0.2, -0.15) is 4.31 Å². The summed E-state index contributed by atoms with van der Waals surface area (Å²) >= 11 is 0. The lowest BCUT2D eigenvalue weighted by molar-refractivity contribution is -0.122. The molecule has 0 aromatic carbocycles. The number of carbonyl (C=O) groups is 1. The molecule has 0 spiro atoms. The van der Waals surface area contributed by atoms with Crippen LogP contribution in [0.5, 0.6) is 0 Å². The first-order valence-corrected chi connectivity index (χ1v) is 8.49. The van der Waals surface area contributed by atoms with Crippen LogP contribution in [0.3, 0.4) is 0 Å². The predicted molar refractivity (Wildman–Crippen MR) is 75.3 cm³/mol. The van der Waals surface area contributed by atoms with Gasteiger partial charge in [0.15, 0.2) is 0 Å². The van der Waals surface area contributed by atoms with Gasteiger partial charge in [-0.3, -0.25) is 4.79 Å². The molecule has 1 aliphatic heterocycles. The van der Waals surface area contributed by atoms with Gasteiger partial charge in [-0.1, -0.05) is 0 Å². The molecular weight excluding hydrogens is 266 g/mol. The van der Waals surface area contributed by atoms with Crippen molar-refractivity contribution < 1.29 is 13.2 Å². The van der Waals surface area contributed by atoms with Crippen molar-refractivity contribution in [3.8, 4) is 0 Å². The molecule has 6 nitrogen and oxygen atoms in total. The average molecular weight is 291 g/mol. The molecule has 0 unspecified atom stereocenters. The van der Waals surface area contributed by atoms with E-state index < -0.39 is 10.0 Å². The van der Waals surface area contributed by atoms with Crippen LogP contribution in [0.4, 0.5) is 0 Å². The number of piperidine rings is 1. The lowest BCUT2D eigenvalue weighted by Gasteiger charge is -2.35. The number of nitrogens with zero attached hydrogens (tertiary/aromatic N) is 2. The summed E-state index contributed by atoms with van der Waals surface area (Å²) in [5.74, 6) is -0.226. The molecule has 1 rings (SSSR count). The van der Waals surface area contributed by atoms with Crippen LogP contribution < -0.4 is 5.32 Å². The number of likely N-dealkylation sites (N-methyl/N-ethyl adjacent to an activating group) is 1. The first-order valence-electron chi connectivity index (χ1n) is 6.65. The molecule has 1 saturated heterocycles. The number of hydrogen-bond donors (Lipinski definition) is 1. The lowest BCUT2D eigenvalue weighted by Crippen LogP contribution is -2.48. The van der Waals surface area contributed by atoms with Gasteiger partial charge >= 0.3 is 0 Å². The maximum atomic E-state index is 11.8. The number of hydrogen-bond acceptors (Lipinski definition) is 4. The van der Waals surface area contributed by atoms with Gasteiger partial charge in [0.2, 0.25) is 15.9 Å². The molecule has 0 aromatic heterocycles. The molecule has 0 radical (unpaired) electrons. The second-order valence-corrected chi connectivity index (χ2v) is 7.58. The molecule has 19 heavy (non-hydrogen) atoms. The van der Waals surface area contributed by atoms with E-state index in [9.17, 15) is 13.2 Å². The third-order valence-corrected chi connectivity index (χ3v) is 4.82. The standard InChI is InChI=1S/C12H25N3O3S/c1-10(2)15-7-5-11(6-8-15)13-12(16)9-14(3)19(4,17)18/h10-11H,5-9H2,1-4H3,(H,13,16). The first kappa shape index (κ1) is 16.4. The molecule has 0 aliphatic carbocycles. The van der Waals surface area contributed by atoms with Gasteiger partial charge in [0.05, 0.1) is 12.8 Å². The molecule has 112 valence electrons. The SMILES string of the molecule is CC(C)N1CCC(NC(=O)CN(C)S(C)(=O)=O)CC1. The Morgan fingerprint density at radius 3 is 2.32 bits per heavy atom. The zero-order valence-corrected chi connectivity index (χ0v) is 13.0. The van der Waals surface area contributed by atoms with Crippen molar-refractivity contribution in [2.45, 2.75) is 38.8 Å². The average Bonchev–Trinajstić information content (AvgIpc) is 2.28. The largest absolute Gasteiger partial charge is 0.352 e. The summed E-state index contributed by atoms with van der Waals surface area (Å²) in [4.78, 5) is 14.1. The second kappa shape index (κ2) is 6.67. The monoisotopic (exact) mass is 291 g/mol. The van der Waals surface area contributed by atoms with E-state index in [0.29, 0.717) is 6.04 Å². The van der Waals surface area contributed by atoms with Crippen molar-refractivity contribution in [1.82, 2.24) is 14.5 Å². The highest BCUT2D eigenvalue weighted by Gasteiger charge is 2.23. The van der Waals surface area contributed by atoms with E-state index in [0.717, 1.165) is 36.5 Å². The number of sulfonamides is 1. The van der Waals surface area contributed by atoms with Crippen LogP contribution in [-0.2, 0) is 14.8 Å². The number of rotatable bonds is 5. The highest BCUT2D eigenvalue weighted by molar-refractivity contribution is 7.88. The Bertz CT molecular complexity index is 400. The molecular formula is C12H25N3O3S. The van der Waals surface area contributed by atoms with Gasteiger partial charge in [-0.15, -0.1) is 0 Å². The highest BCUT2D eigenvalue weighted by Crippen LogP contribution is 2.12. The Hall–Kier alpha value is -0.660. The Morgan fingerprint density at radius 2 is 1.89 bits per heavy atom. The van der Waals surface area contributed by atoms with Crippen LogP contribution in [0.25, 0.3) is 0 Å². The summed E-state index contributed by atoms with van der Waals surface area (Å²) in [6.07, 6.45) is 2.94. The minimum absolute atomic E-state index is 0.108. The zero-order valence-electron chi connectivity index (χ0n) is 12.2. The van der Waals surface area contributed by atoms with E-state index in [-0.39, 0.29) is 18.5 Å². The molecule has 0 atom stereocenters. The molecule has 0 saturated carbocycles. The molecule has 1 amide bonds. The molecule has 7 heteroatoms. The highest BCUT2D eigenvalue weighted by atomic mass is 32.2. The predicted octanol–water partition coefficient (Wildman–Crippen LogP) is -0.133. The number of likely N-dealkylation sites (tertiary alicyclic amines) is 1. The Balaban J connectivity index is 2.35. The number of carbonyl (C=O) groups excluding carboxylic acids is 1. The van der Waals surface area contributed by atoms with Gasteiger partial charge in [-0.05, 0) is 26.7 Å². The van der Waals surface area contributed by atoms with Crippen molar-refractivity contribution in [3.05, 3.63) is 0 Å².